The third-order valence-electron chi connectivity index (χ3n) is 3.37. The summed E-state index contributed by atoms with van der Waals surface area (Å²) >= 11 is 0. The van der Waals surface area contributed by atoms with Gasteiger partial charge >= 0.3 is 0 Å². The molecule has 0 bridgehead atoms. The van der Waals surface area contributed by atoms with E-state index in [9.17, 15) is 0 Å². The fraction of sp³-hybridized carbons (Fsp3) is 1.00. The molecule has 0 aromatic rings. The Morgan fingerprint density at radius 3 is 1.67 bits per heavy atom. The van der Waals surface area contributed by atoms with E-state index in [1.165, 1.54) is 64.2 Å². The van der Waals surface area contributed by atoms with Gasteiger partial charge in [0, 0.05) is 6.54 Å². The van der Waals surface area contributed by atoms with Crippen LogP contribution in [0.2, 0.25) is 0 Å². The zero-order valence-corrected chi connectivity index (χ0v) is 12.4. The van der Waals surface area contributed by atoms with Crippen LogP contribution >= 0.6 is 0 Å². The maximum absolute atomic E-state index is 8.80. The highest BCUT2D eigenvalue weighted by molar-refractivity contribution is 4.53. The lowest BCUT2D eigenvalue weighted by Gasteiger charge is -2.17. The number of rotatable bonds is 13. The lowest BCUT2D eigenvalue weighted by atomic mass is 10.1. The van der Waals surface area contributed by atoms with Gasteiger partial charge in [-0.05, 0) is 20.0 Å². The lowest BCUT2D eigenvalue weighted by Crippen LogP contribution is -2.29. The summed E-state index contributed by atoms with van der Waals surface area (Å²) in [6.45, 7) is 3.58. The molecule has 0 aromatic carbocycles. The molecule has 0 aliphatic carbocycles. The molecule has 0 saturated heterocycles. The van der Waals surface area contributed by atoms with Crippen LogP contribution in [0.4, 0.5) is 0 Å². The van der Waals surface area contributed by atoms with E-state index >= 15 is 0 Å². The minimum Gasteiger partial charge on any atom is -0.367 e. The Morgan fingerprint density at radius 1 is 0.778 bits per heavy atom. The maximum Gasteiger partial charge on any atom is 0.164 e. The Balaban J connectivity index is 3.07. The third-order valence-corrected chi connectivity index (χ3v) is 3.37. The van der Waals surface area contributed by atoms with Gasteiger partial charge in [0.25, 0.3) is 0 Å². The molecule has 0 atom stereocenters. The SMILES string of the molecule is CCCCCCCCCCCCN(C)CC(O)O. The molecule has 0 aliphatic rings. The molecule has 3 nitrogen and oxygen atoms in total. The molecule has 3 heteroatoms. The van der Waals surface area contributed by atoms with Crippen molar-refractivity contribution in [2.75, 3.05) is 20.1 Å². The smallest absolute Gasteiger partial charge is 0.164 e. The normalized spacial score (nSPS) is 11.7. The van der Waals surface area contributed by atoms with Gasteiger partial charge in [0.2, 0.25) is 0 Å². The van der Waals surface area contributed by atoms with Crippen molar-refractivity contribution in [2.24, 2.45) is 0 Å². The van der Waals surface area contributed by atoms with Gasteiger partial charge < -0.3 is 15.1 Å². The van der Waals surface area contributed by atoms with Crippen molar-refractivity contribution in [3.05, 3.63) is 0 Å². The van der Waals surface area contributed by atoms with Crippen molar-refractivity contribution in [3.63, 3.8) is 0 Å². The van der Waals surface area contributed by atoms with Crippen molar-refractivity contribution in [1.82, 2.24) is 4.90 Å². The van der Waals surface area contributed by atoms with E-state index in [-0.39, 0.29) is 0 Å². The summed E-state index contributed by atoms with van der Waals surface area (Å²) in [5.41, 5.74) is 0. The first kappa shape index (κ1) is 17.9. The van der Waals surface area contributed by atoms with E-state index in [0.717, 1.165) is 6.54 Å². The van der Waals surface area contributed by atoms with Crippen molar-refractivity contribution in [1.29, 1.82) is 0 Å². The fourth-order valence-electron chi connectivity index (χ4n) is 2.24. The minimum atomic E-state index is -1.20. The largest absolute Gasteiger partial charge is 0.367 e. The Kier molecular flexibility index (Phi) is 13.2. The Hall–Kier alpha value is -0.120. The zero-order chi connectivity index (χ0) is 13.6. The van der Waals surface area contributed by atoms with Crippen LogP contribution in [0, 0.1) is 0 Å². The van der Waals surface area contributed by atoms with Crippen LogP contribution in [0.25, 0.3) is 0 Å². The molecule has 0 aromatic heterocycles. The molecule has 0 fully saturated rings. The lowest BCUT2D eigenvalue weighted by molar-refractivity contribution is -0.0573. The molecule has 0 radical (unpaired) electrons. The summed E-state index contributed by atoms with van der Waals surface area (Å²) < 4.78 is 0. The monoisotopic (exact) mass is 259 g/mol. The van der Waals surface area contributed by atoms with Gasteiger partial charge in [0.15, 0.2) is 6.29 Å². The van der Waals surface area contributed by atoms with E-state index < -0.39 is 6.29 Å². The number of nitrogens with zero attached hydrogens (tertiary/aromatic N) is 1. The van der Waals surface area contributed by atoms with E-state index in [2.05, 4.69) is 6.92 Å². The highest BCUT2D eigenvalue weighted by atomic mass is 16.5. The fourth-order valence-corrected chi connectivity index (χ4v) is 2.24. The first-order valence-corrected chi connectivity index (χ1v) is 7.71. The number of aliphatic hydroxyl groups excluding tert-OH is 1. The highest BCUT2D eigenvalue weighted by Gasteiger charge is 2.02. The first-order chi connectivity index (χ1) is 8.66. The predicted molar refractivity (Wildman–Crippen MR) is 77.6 cm³/mol. The summed E-state index contributed by atoms with van der Waals surface area (Å²) in [5, 5.41) is 17.6. The second kappa shape index (κ2) is 13.3. The number of hydrogen-bond acceptors (Lipinski definition) is 3. The van der Waals surface area contributed by atoms with Crippen LogP contribution in [0.3, 0.4) is 0 Å². The molecule has 0 aliphatic heterocycles. The topological polar surface area (TPSA) is 43.7 Å². The van der Waals surface area contributed by atoms with Gasteiger partial charge in [-0.2, -0.15) is 0 Å². The van der Waals surface area contributed by atoms with Crippen LogP contribution < -0.4 is 0 Å². The predicted octanol–water partition coefficient (Wildman–Crippen LogP) is 3.15. The Bertz CT molecular complexity index is 163. The standard InChI is InChI=1S/C15H33NO2/c1-3-4-5-6-7-8-9-10-11-12-13-16(2)14-15(17)18/h15,17-18H,3-14H2,1-2H3. The summed E-state index contributed by atoms with van der Waals surface area (Å²) in [7, 11) is 1.94. The van der Waals surface area contributed by atoms with Gasteiger partial charge in [-0.25, -0.2) is 0 Å². The first-order valence-electron chi connectivity index (χ1n) is 7.71. The Morgan fingerprint density at radius 2 is 1.22 bits per heavy atom. The zero-order valence-electron chi connectivity index (χ0n) is 12.4. The van der Waals surface area contributed by atoms with Crippen molar-refractivity contribution in [3.8, 4) is 0 Å². The van der Waals surface area contributed by atoms with Crippen molar-refractivity contribution < 1.29 is 10.2 Å². The second-order valence-electron chi connectivity index (χ2n) is 5.42. The molecule has 18 heavy (non-hydrogen) atoms. The summed E-state index contributed by atoms with van der Waals surface area (Å²) in [4.78, 5) is 1.98. The quantitative estimate of drug-likeness (QED) is 0.394. The van der Waals surface area contributed by atoms with Crippen LogP contribution in [0.15, 0.2) is 0 Å². The summed E-state index contributed by atoms with van der Waals surface area (Å²) in [6, 6.07) is 0. The molecule has 110 valence electrons. The Labute approximate surface area is 113 Å². The van der Waals surface area contributed by atoms with Gasteiger partial charge in [0.05, 0.1) is 0 Å². The third kappa shape index (κ3) is 13.9. The van der Waals surface area contributed by atoms with Crippen molar-refractivity contribution >= 4 is 0 Å². The van der Waals surface area contributed by atoms with Gasteiger partial charge in [-0.15, -0.1) is 0 Å². The van der Waals surface area contributed by atoms with Crippen molar-refractivity contribution in [2.45, 2.75) is 77.4 Å². The van der Waals surface area contributed by atoms with Gasteiger partial charge in [0.1, 0.15) is 0 Å². The molecular formula is C15H33NO2. The average molecular weight is 259 g/mol. The molecule has 0 saturated carbocycles. The highest BCUT2D eigenvalue weighted by Crippen LogP contribution is 2.10. The number of unbranched alkanes of at least 4 members (excludes halogenated alkanes) is 9. The van der Waals surface area contributed by atoms with Gasteiger partial charge in [-0.1, -0.05) is 64.7 Å². The molecule has 2 N–H and O–H groups in total. The summed E-state index contributed by atoms with van der Waals surface area (Å²) in [5.74, 6) is 0. The second-order valence-corrected chi connectivity index (χ2v) is 5.42. The van der Waals surface area contributed by atoms with E-state index in [0.29, 0.717) is 6.54 Å². The van der Waals surface area contributed by atoms with E-state index in [4.69, 9.17) is 10.2 Å². The van der Waals surface area contributed by atoms with Crippen LogP contribution in [-0.4, -0.2) is 41.5 Å². The van der Waals surface area contributed by atoms with Gasteiger partial charge in [-0.3, -0.25) is 0 Å². The van der Waals surface area contributed by atoms with E-state index in [1.807, 2.05) is 11.9 Å². The molecule has 0 heterocycles. The molecule has 0 amide bonds. The molecule has 0 unspecified atom stereocenters. The summed E-state index contributed by atoms with van der Waals surface area (Å²) in [6.07, 6.45) is 12.2. The van der Waals surface area contributed by atoms with Crippen LogP contribution in [-0.2, 0) is 0 Å². The van der Waals surface area contributed by atoms with E-state index in [1.54, 1.807) is 0 Å². The minimum absolute atomic E-state index is 0.359. The average Bonchev–Trinajstić information content (AvgIpc) is 2.30. The van der Waals surface area contributed by atoms with Crippen LogP contribution in [0.1, 0.15) is 71.1 Å². The number of hydrogen-bond donors (Lipinski definition) is 2. The number of likely N-dealkylation sites (N-methyl/N-ethyl adjacent to an activating group) is 1. The molecule has 0 spiro atoms. The maximum atomic E-state index is 8.80. The number of aliphatic hydroxyl groups is 2. The molecular weight excluding hydrogens is 226 g/mol. The molecule has 0 rings (SSSR count). The van der Waals surface area contributed by atoms with Crippen LogP contribution in [0.5, 0.6) is 0 Å².